The Kier molecular flexibility index (Phi) is 3.12. The van der Waals surface area contributed by atoms with Crippen LogP contribution in [0.5, 0.6) is 10.9 Å². The number of benzene rings is 1. The van der Waals surface area contributed by atoms with E-state index in [2.05, 4.69) is 9.36 Å². The fourth-order valence-electron chi connectivity index (χ4n) is 1.19. The number of rotatable bonds is 2. The number of alkyl halides is 3. The molecular formula is C10H8F3N3OS. The van der Waals surface area contributed by atoms with Crippen molar-refractivity contribution in [2.45, 2.75) is 13.1 Å². The number of ether oxygens (including phenoxy) is 1. The Morgan fingerprint density at radius 3 is 2.67 bits per heavy atom. The van der Waals surface area contributed by atoms with Gasteiger partial charge in [0.05, 0.1) is 5.69 Å². The lowest BCUT2D eigenvalue weighted by Crippen LogP contribution is -2.07. The van der Waals surface area contributed by atoms with Crippen LogP contribution < -0.4 is 10.5 Å². The number of hydrogen-bond donors (Lipinski definition) is 1. The predicted molar refractivity (Wildman–Crippen MR) is 60.6 cm³/mol. The summed E-state index contributed by atoms with van der Waals surface area (Å²) in [5.74, 6) is -0.950. The summed E-state index contributed by atoms with van der Waals surface area (Å²) in [7, 11) is 0. The van der Waals surface area contributed by atoms with Crippen molar-refractivity contribution in [3.05, 3.63) is 29.6 Å². The van der Waals surface area contributed by atoms with E-state index >= 15 is 0 Å². The van der Waals surface area contributed by atoms with E-state index in [1.165, 1.54) is 0 Å². The van der Waals surface area contributed by atoms with E-state index in [9.17, 15) is 13.2 Å². The normalized spacial score (nSPS) is 11.6. The van der Waals surface area contributed by atoms with Crippen LogP contribution in [0, 0.1) is 6.92 Å². The smallest absolute Gasteiger partial charge is 0.428 e. The molecular weight excluding hydrogens is 267 g/mol. The monoisotopic (exact) mass is 275 g/mol. The van der Waals surface area contributed by atoms with Crippen LogP contribution in [0.3, 0.4) is 0 Å². The highest BCUT2D eigenvalue weighted by Crippen LogP contribution is 2.33. The van der Waals surface area contributed by atoms with Crippen LogP contribution >= 0.6 is 11.5 Å². The number of hydrogen-bond acceptors (Lipinski definition) is 5. The van der Waals surface area contributed by atoms with Gasteiger partial charge in [-0.25, -0.2) is 0 Å². The molecule has 96 valence electrons. The van der Waals surface area contributed by atoms with Crippen molar-refractivity contribution in [3.63, 3.8) is 0 Å². The molecule has 1 heterocycles. The van der Waals surface area contributed by atoms with E-state index in [0.29, 0.717) is 17.2 Å². The highest BCUT2D eigenvalue weighted by atomic mass is 32.1. The summed E-state index contributed by atoms with van der Waals surface area (Å²) in [4.78, 5) is 3.25. The topological polar surface area (TPSA) is 61.0 Å². The second kappa shape index (κ2) is 4.45. The molecule has 8 heteroatoms. The highest BCUT2D eigenvalue weighted by molar-refractivity contribution is 7.07. The molecule has 1 aromatic carbocycles. The number of nitrogens with two attached hydrogens (primary N) is 1. The summed E-state index contributed by atoms with van der Waals surface area (Å²) in [6, 6.07) is 4.99. The minimum Gasteiger partial charge on any atom is -0.428 e. The summed E-state index contributed by atoms with van der Waals surface area (Å²) >= 11 is 0.527. The number of nitrogens with zero attached hydrogens (tertiary/aromatic N) is 2. The van der Waals surface area contributed by atoms with Crippen molar-refractivity contribution < 1.29 is 17.9 Å². The summed E-state index contributed by atoms with van der Waals surface area (Å²) in [5.41, 5.74) is 6.84. The van der Waals surface area contributed by atoms with Gasteiger partial charge in [0.2, 0.25) is 0 Å². The summed E-state index contributed by atoms with van der Waals surface area (Å²) < 4.78 is 45.2. The maximum atomic E-state index is 12.3. The van der Waals surface area contributed by atoms with E-state index in [-0.39, 0.29) is 10.9 Å². The molecule has 0 atom stereocenters. The van der Waals surface area contributed by atoms with Gasteiger partial charge in [0.15, 0.2) is 5.75 Å². The van der Waals surface area contributed by atoms with Gasteiger partial charge in [0.1, 0.15) is 0 Å². The first kappa shape index (κ1) is 12.6. The van der Waals surface area contributed by atoms with Gasteiger partial charge in [0.25, 0.3) is 11.0 Å². The Morgan fingerprint density at radius 1 is 1.33 bits per heavy atom. The molecule has 0 saturated carbocycles. The maximum Gasteiger partial charge on any atom is 0.452 e. The largest absolute Gasteiger partial charge is 0.452 e. The van der Waals surface area contributed by atoms with Crippen LogP contribution in [0.25, 0.3) is 0 Å². The van der Waals surface area contributed by atoms with Crippen molar-refractivity contribution in [3.8, 4) is 10.9 Å². The molecule has 2 N–H and O–H groups in total. The van der Waals surface area contributed by atoms with E-state index in [1.807, 2.05) is 6.92 Å². The molecule has 0 aliphatic rings. The fourth-order valence-corrected chi connectivity index (χ4v) is 1.75. The van der Waals surface area contributed by atoms with Gasteiger partial charge in [-0.3, -0.25) is 0 Å². The molecule has 2 rings (SSSR count). The van der Waals surface area contributed by atoms with Gasteiger partial charge >= 0.3 is 6.18 Å². The average molecular weight is 275 g/mol. The first-order chi connectivity index (χ1) is 8.36. The van der Waals surface area contributed by atoms with Crippen LogP contribution in [0.15, 0.2) is 18.2 Å². The van der Waals surface area contributed by atoms with Gasteiger partial charge < -0.3 is 10.5 Å². The van der Waals surface area contributed by atoms with E-state index < -0.39 is 12.0 Å². The summed E-state index contributed by atoms with van der Waals surface area (Å²) in [6.45, 7) is 1.81. The Labute approximate surface area is 104 Å². The van der Waals surface area contributed by atoms with Crippen molar-refractivity contribution >= 4 is 17.2 Å². The zero-order valence-corrected chi connectivity index (χ0v) is 9.97. The van der Waals surface area contributed by atoms with Gasteiger partial charge in [-0.05, 0) is 24.6 Å². The average Bonchev–Trinajstić information content (AvgIpc) is 2.71. The Hall–Kier alpha value is -1.83. The number of halogens is 3. The van der Waals surface area contributed by atoms with Crippen LogP contribution in [0.1, 0.15) is 11.4 Å². The van der Waals surface area contributed by atoms with Gasteiger partial charge in [0, 0.05) is 11.5 Å². The van der Waals surface area contributed by atoms with Crippen LogP contribution in [-0.4, -0.2) is 9.36 Å². The van der Waals surface area contributed by atoms with Crippen LogP contribution in [0.4, 0.5) is 18.9 Å². The molecule has 2 aromatic rings. The van der Waals surface area contributed by atoms with E-state index in [0.717, 1.165) is 5.56 Å². The number of anilines is 1. The molecule has 0 unspecified atom stereocenters. The standard InChI is InChI=1S/C10H8F3N3OS/c1-5-2-3-6(14)7(4-5)17-9-15-8(16-18-9)10(11,12)13/h2-4H,14H2,1H3. The SMILES string of the molecule is Cc1ccc(N)c(Oc2nc(C(F)(F)F)ns2)c1. The number of nitrogen functional groups attached to an aromatic ring is 1. The summed E-state index contributed by atoms with van der Waals surface area (Å²) in [5, 5.41) is -0.195. The third-order valence-electron chi connectivity index (χ3n) is 2.03. The third kappa shape index (κ3) is 2.70. The maximum absolute atomic E-state index is 12.3. The number of aromatic nitrogens is 2. The van der Waals surface area contributed by atoms with Gasteiger partial charge in [-0.1, -0.05) is 6.07 Å². The lowest BCUT2D eigenvalue weighted by Gasteiger charge is -2.05. The molecule has 0 amide bonds. The second-order valence-corrected chi connectivity index (χ2v) is 4.24. The first-order valence-electron chi connectivity index (χ1n) is 4.81. The van der Waals surface area contributed by atoms with Crippen molar-refractivity contribution in [1.29, 1.82) is 0 Å². The lowest BCUT2D eigenvalue weighted by molar-refractivity contribution is -0.144. The molecule has 18 heavy (non-hydrogen) atoms. The van der Waals surface area contributed by atoms with E-state index in [4.69, 9.17) is 10.5 Å². The molecule has 4 nitrogen and oxygen atoms in total. The quantitative estimate of drug-likeness (QED) is 0.855. The zero-order chi connectivity index (χ0) is 13.3. The molecule has 0 aliphatic heterocycles. The molecule has 0 radical (unpaired) electrons. The molecule has 1 aromatic heterocycles. The Morgan fingerprint density at radius 2 is 2.06 bits per heavy atom. The molecule has 0 aliphatic carbocycles. The third-order valence-corrected chi connectivity index (χ3v) is 2.62. The van der Waals surface area contributed by atoms with Gasteiger partial charge in [-0.15, -0.1) is 0 Å². The van der Waals surface area contributed by atoms with Crippen LogP contribution in [-0.2, 0) is 6.18 Å². The zero-order valence-electron chi connectivity index (χ0n) is 9.15. The first-order valence-corrected chi connectivity index (χ1v) is 5.58. The molecule has 0 bridgehead atoms. The predicted octanol–water partition coefficient (Wildman–Crippen LogP) is 3.24. The van der Waals surface area contributed by atoms with Crippen molar-refractivity contribution in [2.24, 2.45) is 0 Å². The van der Waals surface area contributed by atoms with Crippen LogP contribution in [0.2, 0.25) is 0 Å². The molecule has 0 saturated heterocycles. The number of aryl methyl sites for hydroxylation is 1. The van der Waals surface area contributed by atoms with Crippen molar-refractivity contribution in [1.82, 2.24) is 9.36 Å². The van der Waals surface area contributed by atoms with Gasteiger partial charge in [-0.2, -0.15) is 22.5 Å². The molecule has 0 spiro atoms. The minimum atomic E-state index is -4.57. The Bertz CT molecular complexity index is 568. The molecule has 0 fully saturated rings. The Balaban J connectivity index is 2.24. The van der Waals surface area contributed by atoms with Crippen molar-refractivity contribution in [2.75, 3.05) is 5.73 Å². The fraction of sp³-hybridized carbons (Fsp3) is 0.200. The highest BCUT2D eigenvalue weighted by Gasteiger charge is 2.36. The second-order valence-electron chi connectivity index (χ2n) is 3.52. The minimum absolute atomic E-state index is 0.195. The summed E-state index contributed by atoms with van der Waals surface area (Å²) in [6.07, 6.45) is -4.57. The lowest BCUT2D eigenvalue weighted by atomic mass is 10.2. The van der Waals surface area contributed by atoms with E-state index in [1.54, 1.807) is 18.2 Å².